The molecular weight excluding hydrogens is 333 g/mol. The second kappa shape index (κ2) is 8.04. The van der Waals surface area contributed by atoms with Crippen LogP contribution in [0.1, 0.15) is 26.7 Å². The molecule has 1 aromatic rings. The van der Waals surface area contributed by atoms with Gasteiger partial charge in [-0.3, -0.25) is 4.79 Å². The van der Waals surface area contributed by atoms with Gasteiger partial charge in [0.2, 0.25) is 15.9 Å². The van der Waals surface area contributed by atoms with E-state index in [-0.39, 0.29) is 12.0 Å². The van der Waals surface area contributed by atoms with Crippen LogP contribution in [-0.2, 0) is 14.8 Å². The van der Waals surface area contributed by atoms with E-state index in [0.717, 1.165) is 25.5 Å². The molecule has 1 aliphatic rings. The fraction of sp³-hybridized carbons (Fsp3) is 0.562. The molecule has 0 radical (unpaired) electrons. The van der Waals surface area contributed by atoms with Crippen molar-refractivity contribution in [2.75, 3.05) is 13.1 Å². The molecule has 1 saturated heterocycles. The Morgan fingerprint density at radius 1 is 1.33 bits per heavy atom. The van der Waals surface area contributed by atoms with Crippen molar-refractivity contribution < 1.29 is 17.6 Å². The maximum absolute atomic E-state index is 13.8. The average Bonchev–Trinajstić information content (AvgIpc) is 2.53. The highest BCUT2D eigenvalue weighted by Crippen LogP contribution is 2.16. The SMILES string of the molecule is CC(C)C(NS(=O)(=O)c1ccccc1F)C(=O)N[C@H]1CCCNC1. The lowest BCUT2D eigenvalue weighted by Gasteiger charge is -2.28. The first kappa shape index (κ1) is 18.8. The fourth-order valence-corrected chi connectivity index (χ4v) is 4.07. The molecule has 134 valence electrons. The van der Waals surface area contributed by atoms with Gasteiger partial charge in [-0.2, -0.15) is 4.72 Å². The number of carbonyl (C=O) groups excluding carboxylic acids is 1. The van der Waals surface area contributed by atoms with Gasteiger partial charge in [0, 0.05) is 12.6 Å². The second-order valence-electron chi connectivity index (χ2n) is 6.33. The third kappa shape index (κ3) is 4.75. The van der Waals surface area contributed by atoms with Gasteiger partial charge < -0.3 is 10.6 Å². The highest BCUT2D eigenvalue weighted by Gasteiger charge is 2.31. The Kier molecular flexibility index (Phi) is 6.31. The van der Waals surface area contributed by atoms with Gasteiger partial charge in [0.05, 0.1) is 0 Å². The van der Waals surface area contributed by atoms with Gasteiger partial charge in [0.25, 0.3) is 0 Å². The predicted molar refractivity (Wildman–Crippen MR) is 89.4 cm³/mol. The van der Waals surface area contributed by atoms with Gasteiger partial charge in [-0.25, -0.2) is 12.8 Å². The maximum atomic E-state index is 13.8. The van der Waals surface area contributed by atoms with Crippen LogP contribution >= 0.6 is 0 Å². The summed E-state index contributed by atoms with van der Waals surface area (Å²) in [6, 6.07) is 4.12. The number of benzene rings is 1. The third-order valence-electron chi connectivity index (χ3n) is 4.00. The Labute approximate surface area is 142 Å². The number of nitrogens with one attached hydrogen (secondary N) is 3. The van der Waals surface area contributed by atoms with Gasteiger partial charge in [0.1, 0.15) is 16.8 Å². The van der Waals surface area contributed by atoms with E-state index in [4.69, 9.17) is 0 Å². The average molecular weight is 357 g/mol. The summed E-state index contributed by atoms with van der Waals surface area (Å²) in [7, 11) is -4.12. The molecule has 3 N–H and O–H groups in total. The highest BCUT2D eigenvalue weighted by atomic mass is 32.2. The van der Waals surface area contributed by atoms with E-state index in [1.807, 2.05) is 0 Å². The Morgan fingerprint density at radius 3 is 2.62 bits per heavy atom. The summed E-state index contributed by atoms with van der Waals surface area (Å²) in [4.78, 5) is 12.0. The normalized spacial score (nSPS) is 19.9. The molecular formula is C16H24FN3O3S. The molecule has 0 aliphatic carbocycles. The van der Waals surface area contributed by atoms with Crippen LogP contribution in [0.15, 0.2) is 29.2 Å². The first-order valence-electron chi connectivity index (χ1n) is 8.09. The number of hydrogen-bond acceptors (Lipinski definition) is 4. The van der Waals surface area contributed by atoms with E-state index in [1.165, 1.54) is 18.2 Å². The molecule has 1 aromatic carbocycles. The summed E-state index contributed by atoms with van der Waals surface area (Å²) in [5.41, 5.74) is 0. The molecule has 1 heterocycles. The van der Waals surface area contributed by atoms with E-state index in [0.29, 0.717) is 6.54 Å². The monoisotopic (exact) mass is 357 g/mol. The number of rotatable bonds is 6. The lowest BCUT2D eigenvalue weighted by Crippen LogP contribution is -2.54. The van der Waals surface area contributed by atoms with Crippen molar-refractivity contribution in [3.8, 4) is 0 Å². The molecule has 0 saturated carbocycles. The topological polar surface area (TPSA) is 87.3 Å². The highest BCUT2D eigenvalue weighted by molar-refractivity contribution is 7.89. The van der Waals surface area contributed by atoms with Crippen molar-refractivity contribution in [2.24, 2.45) is 5.92 Å². The molecule has 0 bridgehead atoms. The van der Waals surface area contributed by atoms with E-state index in [9.17, 15) is 17.6 Å². The Balaban J connectivity index is 2.12. The minimum Gasteiger partial charge on any atom is -0.351 e. The van der Waals surface area contributed by atoms with Crippen LogP contribution < -0.4 is 15.4 Å². The first-order valence-corrected chi connectivity index (χ1v) is 9.57. The minimum absolute atomic E-state index is 0.0227. The summed E-state index contributed by atoms with van der Waals surface area (Å²) in [6.07, 6.45) is 1.81. The number of halogens is 1. The lowest BCUT2D eigenvalue weighted by molar-refractivity contribution is -0.124. The van der Waals surface area contributed by atoms with Crippen LogP contribution in [0.4, 0.5) is 4.39 Å². The molecule has 0 aromatic heterocycles. The Morgan fingerprint density at radius 2 is 2.04 bits per heavy atom. The van der Waals surface area contributed by atoms with E-state index in [1.54, 1.807) is 13.8 Å². The number of amides is 1. The third-order valence-corrected chi connectivity index (χ3v) is 5.48. The van der Waals surface area contributed by atoms with Crippen LogP contribution in [0.2, 0.25) is 0 Å². The van der Waals surface area contributed by atoms with Crippen LogP contribution in [0, 0.1) is 11.7 Å². The van der Waals surface area contributed by atoms with Crippen LogP contribution in [0.5, 0.6) is 0 Å². The van der Waals surface area contributed by atoms with Crippen LogP contribution in [-0.4, -0.2) is 39.5 Å². The van der Waals surface area contributed by atoms with E-state index in [2.05, 4.69) is 15.4 Å². The fourth-order valence-electron chi connectivity index (χ4n) is 2.65. The summed E-state index contributed by atoms with van der Waals surface area (Å²) in [5.74, 6) is -1.51. The van der Waals surface area contributed by atoms with Crippen molar-refractivity contribution in [3.05, 3.63) is 30.1 Å². The molecule has 2 atom stereocenters. The van der Waals surface area contributed by atoms with Gasteiger partial charge >= 0.3 is 0 Å². The van der Waals surface area contributed by atoms with Crippen molar-refractivity contribution in [1.82, 2.24) is 15.4 Å². The van der Waals surface area contributed by atoms with Crippen molar-refractivity contribution >= 4 is 15.9 Å². The molecule has 24 heavy (non-hydrogen) atoms. The van der Waals surface area contributed by atoms with E-state index >= 15 is 0 Å². The molecule has 8 heteroatoms. The molecule has 2 rings (SSSR count). The summed E-state index contributed by atoms with van der Waals surface area (Å²) >= 11 is 0. The Hall–Kier alpha value is -1.51. The van der Waals surface area contributed by atoms with Crippen molar-refractivity contribution in [1.29, 1.82) is 0 Å². The van der Waals surface area contributed by atoms with E-state index < -0.39 is 32.7 Å². The van der Waals surface area contributed by atoms with Crippen LogP contribution in [0.25, 0.3) is 0 Å². The second-order valence-corrected chi connectivity index (χ2v) is 8.01. The molecule has 1 aliphatic heterocycles. The van der Waals surface area contributed by atoms with Gasteiger partial charge in [-0.05, 0) is 37.4 Å². The van der Waals surface area contributed by atoms with Crippen LogP contribution in [0.3, 0.4) is 0 Å². The van der Waals surface area contributed by atoms with Crippen molar-refractivity contribution in [3.63, 3.8) is 0 Å². The molecule has 0 spiro atoms. The Bertz CT molecular complexity index is 673. The zero-order valence-corrected chi connectivity index (χ0v) is 14.7. The predicted octanol–water partition coefficient (Wildman–Crippen LogP) is 0.997. The van der Waals surface area contributed by atoms with Gasteiger partial charge in [-0.15, -0.1) is 0 Å². The molecule has 1 unspecified atom stereocenters. The van der Waals surface area contributed by atoms with Gasteiger partial charge in [0.15, 0.2) is 0 Å². The number of carbonyl (C=O) groups is 1. The number of sulfonamides is 1. The molecule has 1 fully saturated rings. The summed E-state index contributed by atoms with van der Waals surface area (Å²) in [5, 5.41) is 6.05. The van der Waals surface area contributed by atoms with Crippen molar-refractivity contribution in [2.45, 2.75) is 43.7 Å². The zero-order valence-electron chi connectivity index (χ0n) is 13.9. The first-order chi connectivity index (χ1) is 11.3. The smallest absolute Gasteiger partial charge is 0.244 e. The largest absolute Gasteiger partial charge is 0.351 e. The van der Waals surface area contributed by atoms with Gasteiger partial charge in [-0.1, -0.05) is 26.0 Å². The summed E-state index contributed by atoms with van der Waals surface area (Å²) < 4.78 is 41.0. The maximum Gasteiger partial charge on any atom is 0.244 e. The molecule has 6 nitrogen and oxygen atoms in total. The quantitative estimate of drug-likeness (QED) is 0.709. The summed E-state index contributed by atoms with van der Waals surface area (Å²) in [6.45, 7) is 5.07. The molecule has 1 amide bonds. The zero-order chi connectivity index (χ0) is 17.7. The number of hydrogen-bond donors (Lipinski definition) is 3. The standard InChI is InChI=1S/C16H24FN3O3S/c1-11(2)15(16(21)19-12-6-5-9-18-10-12)20-24(22,23)14-8-4-3-7-13(14)17/h3-4,7-8,11-12,15,18,20H,5-6,9-10H2,1-2H3,(H,19,21)/t12-,15?/m0/s1. The number of piperidine rings is 1. The minimum atomic E-state index is -4.12. The lowest BCUT2D eigenvalue weighted by atomic mass is 10.0.